The van der Waals surface area contributed by atoms with Gasteiger partial charge < -0.3 is 42.0 Å². The van der Waals surface area contributed by atoms with Crippen molar-refractivity contribution < 1.29 is 38.5 Å². The molecule has 2 aromatic rings. The molecule has 2 atom stereocenters. The maximum Gasteiger partial charge on any atom is 0.404 e. The number of carboxylic acids is 1. The Morgan fingerprint density at radius 2 is 2.15 bits per heavy atom. The number of aliphatic carboxylic acids is 1. The maximum atomic E-state index is 13.1. The van der Waals surface area contributed by atoms with Crippen LogP contribution in [0.25, 0.3) is 0 Å². The van der Waals surface area contributed by atoms with Gasteiger partial charge in [-0.25, -0.2) is 4.79 Å². The van der Waals surface area contributed by atoms with Gasteiger partial charge in [-0.1, -0.05) is 17.8 Å². The molecule has 0 radical (unpaired) electrons. The number of rotatable bonds is 12. The van der Waals surface area contributed by atoms with Crippen LogP contribution in [-0.4, -0.2) is 78.9 Å². The normalized spacial score (nSPS) is 18.6. The summed E-state index contributed by atoms with van der Waals surface area (Å²) in [6.45, 7) is 3.64. The number of ether oxygens (including phenoxy) is 1. The van der Waals surface area contributed by atoms with Crippen LogP contribution in [0.15, 0.2) is 41.3 Å². The second-order valence-corrected chi connectivity index (χ2v) is 10.1. The predicted molar refractivity (Wildman–Crippen MR) is 139 cm³/mol. The molecule has 40 heavy (non-hydrogen) atoms. The van der Waals surface area contributed by atoms with Gasteiger partial charge in [-0.2, -0.15) is 9.36 Å². The third-order valence-electron chi connectivity index (χ3n) is 5.67. The van der Waals surface area contributed by atoms with Gasteiger partial charge in [-0.15, -0.1) is 21.1 Å². The molecule has 2 aromatic heterocycles. The van der Waals surface area contributed by atoms with Gasteiger partial charge >= 0.3 is 6.09 Å². The van der Waals surface area contributed by atoms with Gasteiger partial charge in [0.15, 0.2) is 23.7 Å². The van der Waals surface area contributed by atoms with Gasteiger partial charge in [0.1, 0.15) is 31.2 Å². The molecule has 3 amide bonds. The van der Waals surface area contributed by atoms with Gasteiger partial charge in [-0.3, -0.25) is 14.5 Å². The van der Waals surface area contributed by atoms with Crippen LogP contribution >= 0.6 is 23.3 Å². The first-order valence-electron chi connectivity index (χ1n) is 11.5. The number of β-lactam (4-membered cyclic amide) rings is 1. The molecular formula is C21H24N10O7S2. The van der Waals surface area contributed by atoms with Crippen molar-refractivity contribution in [2.45, 2.75) is 24.5 Å². The summed E-state index contributed by atoms with van der Waals surface area (Å²) in [6, 6.07) is 0.526. The Balaban J connectivity index is 1.51. The highest BCUT2D eigenvalue weighted by atomic mass is 32.2. The Hall–Kier alpha value is -4.65. The first-order valence-corrected chi connectivity index (χ1v) is 13.3. The molecule has 4 rings (SSSR count). The minimum atomic E-state index is -1.55. The number of anilines is 2. The second kappa shape index (κ2) is 12.0. The quantitative estimate of drug-likeness (QED) is 0.0478. The van der Waals surface area contributed by atoms with Crippen molar-refractivity contribution in [1.29, 1.82) is 0 Å². The highest BCUT2D eigenvalue weighted by Crippen LogP contribution is 2.40. The number of carboxylic acid groups (broad SMARTS) is 1. The van der Waals surface area contributed by atoms with Gasteiger partial charge in [0.2, 0.25) is 11.5 Å². The fourth-order valence-electron chi connectivity index (χ4n) is 3.97. The van der Waals surface area contributed by atoms with Crippen LogP contribution in [0.5, 0.6) is 0 Å². The van der Waals surface area contributed by atoms with E-state index in [0.29, 0.717) is 11.4 Å². The number of nitrogens with two attached hydrogens (primary N) is 3. The molecule has 1 saturated heterocycles. The number of nitrogen functional groups attached to an aromatic ring is 2. The van der Waals surface area contributed by atoms with Crippen LogP contribution in [0.4, 0.5) is 15.7 Å². The minimum Gasteiger partial charge on any atom is -0.543 e. The molecule has 0 unspecified atom stereocenters. The summed E-state index contributed by atoms with van der Waals surface area (Å²) in [5.41, 5.74) is 16.4. The third-order valence-corrected chi connectivity index (χ3v) is 7.55. The number of hydrogen-bond donors (Lipinski definition) is 4. The lowest BCUT2D eigenvalue weighted by Crippen LogP contribution is -2.71. The number of fused-ring (bicyclic) bond motifs is 1. The lowest BCUT2D eigenvalue weighted by atomic mass is 10.0. The van der Waals surface area contributed by atoms with E-state index in [-0.39, 0.29) is 54.4 Å². The number of primary amides is 1. The van der Waals surface area contributed by atoms with Crippen molar-refractivity contribution in [3.05, 3.63) is 42.0 Å². The van der Waals surface area contributed by atoms with Crippen LogP contribution < -0.4 is 32.3 Å². The van der Waals surface area contributed by atoms with Crippen molar-refractivity contribution >= 4 is 63.8 Å². The Morgan fingerprint density at radius 3 is 2.80 bits per heavy atom. The summed E-state index contributed by atoms with van der Waals surface area (Å²) in [4.78, 5) is 59.2. The highest BCUT2D eigenvalue weighted by Gasteiger charge is 2.53. The summed E-state index contributed by atoms with van der Waals surface area (Å²) in [5.74, 6) is -2.58. The van der Waals surface area contributed by atoms with Gasteiger partial charge in [-0.05, 0) is 0 Å². The average Bonchev–Trinajstić information content (AvgIpc) is 3.49. The topological polar surface area (TPSA) is 250 Å². The number of carbonyl (C=O) groups is 4. The fourth-order valence-corrected chi connectivity index (χ4v) is 5.74. The van der Waals surface area contributed by atoms with Crippen molar-refractivity contribution in [3.63, 3.8) is 0 Å². The molecule has 4 heterocycles. The highest BCUT2D eigenvalue weighted by molar-refractivity contribution is 8.00. The molecule has 0 spiro atoms. The first-order chi connectivity index (χ1) is 19.1. The summed E-state index contributed by atoms with van der Waals surface area (Å²) in [7, 11) is 0. The molecule has 212 valence electrons. The average molecular weight is 593 g/mol. The van der Waals surface area contributed by atoms with E-state index in [2.05, 4.69) is 26.4 Å². The summed E-state index contributed by atoms with van der Waals surface area (Å²) in [5, 5.41) is 17.8. The Kier molecular flexibility index (Phi) is 8.53. The van der Waals surface area contributed by atoms with E-state index < -0.39 is 35.3 Å². The van der Waals surface area contributed by atoms with Gasteiger partial charge in [0.05, 0.1) is 17.7 Å². The molecule has 17 nitrogen and oxygen atoms in total. The van der Waals surface area contributed by atoms with Crippen LogP contribution in [-0.2, 0) is 37.0 Å². The van der Waals surface area contributed by atoms with Crippen molar-refractivity contribution in [2.24, 2.45) is 10.9 Å². The number of aromatic nitrogens is 4. The molecule has 1 fully saturated rings. The summed E-state index contributed by atoms with van der Waals surface area (Å²) >= 11 is 2.09. The number of oxime groups is 1. The number of carbonyl (C=O) groups excluding carboxylic acids is 4. The van der Waals surface area contributed by atoms with Gasteiger partial charge in [0.25, 0.3) is 11.8 Å². The van der Waals surface area contributed by atoms with E-state index >= 15 is 0 Å². The molecule has 0 aromatic carbocycles. The predicted octanol–water partition coefficient (Wildman–Crippen LogP) is -3.10. The Labute approximate surface area is 234 Å². The van der Waals surface area contributed by atoms with E-state index in [1.807, 2.05) is 0 Å². The molecule has 0 aliphatic carbocycles. The SMILES string of the molecule is C=CCON=C(C(=O)N[C@@H]1C(=O)N2C(C(=O)[O-])=C(C[n+]3ccc(N)n3CCOC(N)=O)CS[C@H]12)c1nsc(N)n1. The van der Waals surface area contributed by atoms with E-state index in [9.17, 15) is 24.3 Å². The van der Waals surface area contributed by atoms with Crippen LogP contribution in [0.1, 0.15) is 5.82 Å². The van der Waals surface area contributed by atoms with Crippen molar-refractivity contribution in [3.8, 4) is 0 Å². The smallest absolute Gasteiger partial charge is 0.404 e. The zero-order valence-corrected chi connectivity index (χ0v) is 22.4. The minimum absolute atomic E-state index is 0.00122. The number of nitrogens with one attached hydrogen (secondary N) is 1. The maximum absolute atomic E-state index is 13.1. The van der Waals surface area contributed by atoms with Crippen molar-refractivity contribution in [1.82, 2.24) is 24.3 Å². The van der Waals surface area contributed by atoms with E-state index in [4.69, 9.17) is 26.8 Å². The second-order valence-electron chi connectivity index (χ2n) is 8.21. The van der Waals surface area contributed by atoms with Crippen LogP contribution in [0.2, 0.25) is 0 Å². The molecule has 7 N–H and O–H groups in total. The van der Waals surface area contributed by atoms with E-state index in [0.717, 1.165) is 16.4 Å². The molecule has 2 aliphatic heterocycles. The first kappa shape index (κ1) is 28.4. The van der Waals surface area contributed by atoms with E-state index in [1.54, 1.807) is 21.6 Å². The number of amides is 3. The summed E-state index contributed by atoms with van der Waals surface area (Å²) in [6.07, 6.45) is 2.09. The lowest BCUT2D eigenvalue weighted by molar-refractivity contribution is -0.767. The molecular weight excluding hydrogens is 568 g/mol. The molecule has 0 bridgehead atoms. The van der Waals surface area contributed by atoms with Gasteiger partial charge in [0, 0.05) is 22.9 Å². The number of nitrogens with zero attached hydrogens (tertiary/aromatic N) is 6. The van der Waals surface area contributed by atoms with Crippen LogP contribution in [0, 0.1) is 0 Å². The monoisotopic (exact) mass is 592 g/mol. The third kappa shape index (κ3) is 5.83. The number of thioether (sulfide) groups is 1. The lowest BCUT2D eigenvalue weighted by Gasteiger charge is -2.50. The zero-order valence-electron chi connectivity index (χ0n) is 20.7. The summed E-state index contributed by atoms with van der Waals surface area (Å²) < 4.78 is 11.9. The molecule has 0 saturated carbocycles. The molecule has 19 heteroatoms. The fraction of sp³-hybridized carbons (Fsp3) is 0.333. The largest absolute Gasteiger partial charge is 0.543 e. The van der Waals surface area contributed by atoms with E-state index in [1.165, 1.54) is 17.8 Å². The van der Waals surface area contributed by atoms with Crippen LogP contribution in [0.3, 0.4) is 0 Å². The Morgan fingerprint density at radius 1 is 1.38 bits per heavy atom. The zero-order chi connectivity index (χ0) is 29.0. The Bertz CT molecular complexity index is 1420. The number of hydrogen-bond acceptors (Lipinski definition) is 14. The molecule has 2 aliphatic rings. The van der Waals surface area contributed by atoms with Crippen molar-refractivity contribution in [2.75, 3.05) is 30.4 Å². The standard InChI is InChI=1S/C21H24N10O7S2/c1-2-6-38-27-12(15-26-20(23)40-28-15)16(32)25-13-17(33)31-14(19(34)35)10(9-39-18(13)31)8-29-4-3-11(22)30(29)5-7-37-21(24)36/h2-4,13,18,22H,1,5-9H2,(H6,23,24,25,26,28,32,34,35,36)/t13-,18-/m1/s1.